The lowest BCUT2D eigenvalue weighted by atomic mass is 9.99. The van der Waals surface area contributed by atoms with Gasteiger partial charge in [-0.2, -0.15) is 4.31 Å². The molecule has 1 amide bonds. The number of carbonyl (C=O) groups is 1. The number of aryl methyl sites for hydroxylation is 2. The van der Waals surface area contributed by atoms with E-state index < -0.39 is 10.0 Å². The van der Waals surface area contributed by atoms with Crippen molar-refractivity contribution < 1.29 is 17.9 Å². The summed E-state index contributed by atoms with van der Waals surface area (Å²) in [7, 11) is -3.58. The van der Waals surface area contributed by atoms with Crippen LogP contribution in [0.3, 0.4) is 0 Å². The first-order valence-electron chi connectivity index (χ1n) is 9.29. The average Bonchev–Trinajstić information content (AvgIpc) is 2.63. The molecule has 1 atom stereocenters. The lowest BCUT2D eigenvalue weighted by Crippen LogP contribution is -2.45. The number of amides is 1. The fourth-order valence-electron chi connectivity index (χ4n) is 3.17. The van der Waals surface area contributed by atoms with Gasteiger partial charge in [-0.3, -0.25) is 4.79 Å². The fourth-order valence-corrected chi connectivity index (χ4v) is 5.01. The molecule has 1 N–H and O–H groups in total. The van der Waals surface area contributed by atoms with Crippen molar-refractivity contribution in [2.75, 3.05) is 32.8 Å². The Hall–Kier alpha value is -1.44. The van der Waals surface area contributed by atoms with E-state index in [4.69, 9.17) is 4.74 Å². The van der Waals surface area contributed by atoms with E-state index in [1.165, 1.54) is 4.31 Å². The third-order valence-electron chi connectivity index (χ3n) is 4.69. The quantitative estimate of drug-likeness (QED) is 0.700. The van der Waals surface area contributed by atoms with Crippen LogP contribution in [0, 0.1) is 19.8 Å². The summed E-state index contributed by atoms with van der Waals surface area (Å²) in [6, 6.07) is 5.44. The monoisotopic (exact) mass is 382 g/mol. The minimum Gasteiger partial charge on any atom is -0.382 e. The number of nitrogens with one attached hydrogen (secondary N) is 1. The summed E-state index contributed by atoms with van der Waals surface area (Å²) in [5.41, 5.74) is 1.65. The van der Waals surface area contributed by atoms with E-state index in [1.54, 1.807) is 13.0 Å². The summed E-state index contributed by atoms with van der Waals surface area (Å²) in [5.74, 6) is -0.363. The van der Waals surface area contributed by atoms with E-state index in [2.05, 4.69) is 5.32 Å². The molecule has 1 aromatic carbocycles. The zero-order chi connectivity index (χ0) is 19.2. The van der Waals surface area contributed by atoms with Gasteiger partial charge in [0.25, 0.3) is 0 Å². The molecule has 1 aromatic rings. The van der Waals surface area contributed by atoms with Gasteiger partial charge in [0.15, 0.2) is 0 Å². The first kappa shape index (κ1) is 20.9. The molecule has 1 heterocycles. The summed E-state index contributed by atoms with van der Waals surface area (Å²) >= 11 is 0. The first-order chi connectivity index (χ1) is 12.4. The van der Waals surface area contributed by atoms with Crippen LogP contribution >= 0.6 is 0 Å². The molecular weight excluding hydrogens is 352 g/mol. The van der Waals surface area contributed by atoms with Gasteiger partial charge in [0.2, 0.25) is 15.9 Å². The molecule has 0 aromatic heterocycles. The minimum absolute atomic E-state index is 0.0673. The average molecular weight is 383 g/mol. The maximum Gasteiger partial charge on any atom is 0.243 e. The SMILES string of the molecule is CCOCCCNC(=O)[C@@H]1CCCN(S(=O)(=O)c2cc(C)ccc2C)C1. The van der Waals surface area contributed by atoms with Crippen LogP contribution in [0.15, 0.2) is 23.1 Å². The Kier molecular flexibility index (Phi) is 7.61. The lowest BCUT2D eigenvalue weighted by Gasteiger charge is -2.31. The molecule has 26 heavy (non-hydrogen) atoms. The van der Waals surface area contributed by atoms with Crippen LogP contribution < -0.4 is 5.32 Å². The molecule has 1 aliphatic heterocycles. The molecule has 0 aliphatic carbocycles. The van der Waals surface area contributed by atoms with Gasteiger partial charge in [0, 0.05) is 32.8 Å². The van der Waals surface area contributed by atoms with Crippen LogP contribution in [-0.2, 0) is 19.6 Å². The molecule has 0 bridgehead atoms. The molecule has 0 unspecified atom stereocenters. The van der Waals surface area contributed by atoms with Crippen molar-refractivity contribution in [2.45, 2.75) is 44.9 Å². The van der Waals surface area contributed by atoms with Gasteiger partial charge in [0.05, 0.1) is 10.8 Å². The van der Waals surface area contributed by atoms with E-state index in [-0.39, 0.29) is 18.4 Å². The van der Waals surface area contributed by atoms with Crippen molar-refractivity contribution in [3.05, 3.63) is 29.3 Å². The number of rotatable bonds is 8. The maximum atomic E-state index is 13.0. The van der Waals surface area contributed by atoms with Crippen molar-refractivity contribution >= 4 is 15.9 Å². The zero-order valence-electron chi connectivity index (χ0n) is 16.0. The van der Waals surface area contributed by atoms with Crippen LogP contribution in [0.1, 0.15) is 37.3 Å². The second-order valence-electron chi connectivity index (χ2n) is 6.81. The molecule has 146 valence electrons. The van der Waals surface area contributed by atoms with Gasteiger partial charge in [0.1, 0.15) is 0 Å². The zero-order valence-corrected chi connectivity index (χ0v) is 16.8. The lowest BCUT2D eigenvalue weighted by molar-refractivity contribution is -0.126. The standard InChI is InChI=1S/C19H30N2O4S/c1-4-25-12-6-10-20-19(22)17-7-5-11-21(14-17)26(23,24)18-13-15(2)8-9-16(18)3/h8-9,13,17H,4-7,10-12,14H2,1-3H3,(H,20,22)/t17-/m1/s1. The summed E-state index contributed by atoms with van der Waals surface area (Å²) in [4.78, 5) is 12.7. The molecule has 1 fully saturated rings. The number of hydrogen-bond acceptors (Lipinski definition) is 4. The highest BCUT2D eigenvalue weighted by molar-refractivity contribution is 7.89. The van der Waals surface area contributed by atoms with Crippen molar-refractivity contribution in [3.8, 4) is 0 Å². The predicted octanol–water partition coefficient (Wildman–Crippen LogP) is 2.25. The van der Waals surface area contributed by atoms with E-state index >= 15 is 0 Å². The third kappa shape index (κ3) is 5.28. The van der Waals surface area contributed by atoms with Crippen LogP contribution in [0.4, 0.5) is 0 Å². The van der Waals surface area contributed by atoms with E-state index in [1.807, 2.05) is 26.0 Å². The molecule has 1 saturated heterocycles. The summed E-state index contributed by atoms with van der Waals surface area (Å²) in [5, 5.41) is 2.90. The number of piperidine rings is 1. The maximum absolute atomic E-state index is 13.0. The Morgan fingerprint density at radius 1 is 1.35 bits per heavy atom. The fraction of sp³-hybridized carbons (Fsp3) is 0.632. The van der Waals surface area contributed by atoms with Gasteiger partial charge in [-0.1, -0.05) is 12.1 Å². The first-order valence-corrected chi connectivity index (χ1v) is 10.7. The summed E-state index contributed by atoms with van der Waals surface area (Å²) in [6.45, 7) is 8.17. The van der Waals surface area contributed by atoms with Crippen molar-refractivity contribution in [1.29, 1.82) is 0 Å². The second-order valence-corrected chi connectivity index (χ2v) is 8.72. The Morgan fingerprint density at radius 2 is 2.12 bits per heavy atom. The molecular formula is C19H30N2O4S. The van der Waals surface area contributed by atoms with Crippen LogP contribution in [0.2, 0.25) is 0 Å². The third-order valence-corrected chi connectivity index (χ3v) is 6.69. The smallest absolute Gasteiger partial charge is 0.243 e. The van der Waals surface area contributed by atoms with E-state index in [0.717, 1.165) is 24.0 Å². The van der Waals surface area contributed by atoms with Crippen molar-refractivity contribution in [1.82, 2.24) is 9.62 Å². The van der Waals surface area contributed by atoms with Gasteiger partial charge in [-0.15, -0.1) is 0 Å². The Balaban J connectivity index is 2.00. The van der Waals surface area contributed by atoms with E-state index in [0.29, 0.717) is 37.6 Å². The highest BCUT2D eigenvalue weighted by Gasteiger charge is 2.33. The van der Waals surface area contributed by atoms with E-state index in [9.17, 15) is 13.2 Å². The molecule has 0 saturated carbocycles. The van der Waals surface area contributed by atoms with Crippen molar-refractivity contribution in [2.24, 2.45) is 5.92 Å². The highest BCUT2D eigenvalue weighted by atomic mass is 32.2. The Morgan fingerprint density at radius 3 is 2.85 bits per heavy atom. The van der Waals surface area contributed by atoms with Gasteiger partial charge in [-0.25, -0.2) is 8.42 Å². The number of benzene rings is 1. The Labute approximate surface area is 157 Å². The topological polar surface area (TPSA) is 75.7 Å². The van der Waals surface area contributed by atoms with Gasteiger partial charge < -0.3 is 10.1 Å². The molecule has 0 radical (unpaired) electrons. The molecule has 7 heteroatoms. The van der Waals surface area contributed by atoms with Gasteiger partial charge >= 0.3 is 0 Å². The van der Waals surface area contributed by atoms with Gasteiger partial charge in [-0.05, 0) is 57.2 Å². The van der Waals surface area contributed by atoms with Crippen LogP contribution in [0.5, 0.6) is 0 Å². The normalized spacial score (nSPS) is 18.7. The number of nitrogens with zero attached hydrogens (tertiary/aromatic N) is 1. The minimum atomic E-state index is -3.58. The summed E-state index contributed by atoms with van der Waals surface area (Å²) < 4.78 is 32.8. The van der Waals surface area contributed by atoms with Crippen LogP contribution in [0.25, 0.3) is 0 Å². The highest BCUT2D eigenvalue weighted by Crippen LogP contribution is 2.26. The number of ether oxygens (including phenoxy) is 1. The largest absolute Gasteiger partial charge is 0.382 e. The number of carbonyl (C=O) groups excluding carboxylic acids is 1. The van der Waals surface area contributed by atoms with Crippen molar-refractivity contribution in [3.63, 3.8) is 0 Å². The second kappa shape index (κ2) is 9.48. The molecule has 0 spiro atoms. The Bertz CT molecular complexity index is 718. The number of hydrogen-bond donors (Lipinski definition) is 1. The molecule has 1 aliphatic rings. The molecule has 6 nitrogen and oxygen atoms in total. The van der Waals surface area contributed by atoms with Crippen LogP contribution in [-0.4, -0.2) is 51.5 Å². The summed E-state index contributed by atoms with van der Waals surface area (Å²) in [6.07, 6.45) is 2.17. The predicted molar refractivity (Wildman–Crippen MR) is 102 cm³/mol. The molecule has 2 rings (SSSR count). The number of sulfonamides is 1.